The van der Waals surface area contributed by atoms with E-state index in [0.717, 1.165) is 31.1 Å². The fourth-order valence-electron chi connectivity index (χ4n) is 3.93. The lowest BCUT2D eigenvalue weighted by Crippen LogP contribution is -2.21. The van der Waals surface area contributed by atoms with Crippen molar-refractivity contribution < 1.29 is 9.47 Å². The summed E-state index contributed by atoms with van der Waals surface area (Å²) in [5, 5.41) is 1.18. The predicted octanol–water partition coefficient (Wildman–Crippen LogP) is 4.81. The Balaban J connectivity index is 1.44. The maximum absolute atomic E-state index is 5.98. The van der Waals surface area contributed by atoms with Crippen molar-refractivity contribution >= 4 is 10.9 Å². The summed E-state index contributed by atoms with van der Waals surface area (Å²) in [6.07, 6.45) is 5.90. The van der Waals surface area contributed by atoms with E-state index in [1.807, 2.05) is 6.07 Å². The number of aryl methyl sites for hydroxylation is 1. The van der Waals surface area contributed by atoms with E-state index in [1.54, 1.807) is 7.11 Å². The van der Waals surface area contributed by atoms with Crippen LogP contribution < -0.4 is 9.47 Å². The molecule has 0 unspecified atom stereocenters. The van der Waals surface area contributed by atoms with E-state index in [2.05, 4.69) is 59.0 Å². The maximum Gasteiger partial charge on any atom is 0.119 e. The van der Waals surface area contributed by atoms with Crippen LogP contribution in [0.4, 0.5) is 0 Å². The third-order valence-electron chi connectivity index (χ3n) is 5.41. The van der Waals surface area contributed by atoms with Gasteiger partial charge in [-0.15, -0.1) is 0 Å². The van der Waals surface area contributed by atoms with Crippen LogP contribution in [0.2, 0.25) is 0 Å². The van der Waals surface area contributed by atoms with Crippen LogP contribution in [0.5, 0.6) is 11.5 Å². The van der Waals surface area contributed by atoms with Gasteiger partial charge in [-0.1, -0.05) is 0 Å². The fourth-order valence-corrected chi connectivity index (χ4v) is 3.93. The highest BCUT2D eigenvalue weighted by Crippen LogP contribution is 2.27. The number of hydrogen-bond acceptors (Lipinski definition) is 3. The summed E-state index contributed by atoms with van der Waals surface area (Å²) >= 11 is 0. The Labute approximate surface area is 161 Å². The molecule has 27 heavy (non-hydrogen) atoms. The minimum absolute atomic E-state index is 0.779. The van der Waals surface area contributed by atoms with E-state index in [1.165, 1.54) is 48.1 Å². The van der Waals surface area contributed by atoms with Gasteiger partial charge in [-0.2, -0.15) is 0 Å². The van der Waals surface area contributed by atoms with Crippen LogP contribution in [-0.4, -0.2) is 42.8 Å². The van der Waals surface area contributed by atoms with Gasteiger partial charge in [-0.25, -0.2) is 0 Å². The van der Waals surface area contributed by atoms with Gasteiger partial charge in [0.2, 0.25) is 0 Å². The van der Waals surface area contributed by atoms with E-state index < -0.39 is 0 Å². The second-order valence-electron chi connectivity index (χ2n) is 7.31. The van der Waals surface area contributed by atoms with Crippen LogP contribution >= 0.6 is 0 Å². The minimum atomic E-state index is 0.779. The molecule has 4 nitrogen and oxygen atoms in total. The van der Waals surface area contributed by atoms with Gasteiger partial charge in [-0.05, 0) is 87.3 Å². The topological polar surface area (TPSA) is 26.6 Å². The number of fused-ring (bicyclic) bond motifs is 1. The zero-order chi connectivity index (χ0) is 18.6. The van der Waals surface area contributed by atoms with E-state index in [4.69, 9.17) is 9.47 Å². The number of nitrogens with zero attached hydrogens (tertiary/aromatic N) is 2. The van der Waals surface area contributed by atoms with Gasteiger partial charge in [0.15, 0.2) is 0 Å². The van der Waals surface area contributed by atoms with Gasteiger partial charge in [-0.3, -0.25) is 0 Å². The Morgan fingerprint density at radius 3 is 2.56 bits per heavy atom. The number of benzene rings is 2. The second kappa shape index (κ2) is 8.05. The molecule has 2 heterocycles. The normalized spacial score (nSPS) is 14.7. The molecule has 0 radical (unpaired) electrons. The number of likely N-dealkylation sites (tertiary alicyclic amines) is 1. The summed E-state index contributed by atoms with van der Waals surface area (Å²) in [4.78, 5) is 2.53. The van der Waals surface area contributed by atoms with Crippen LogP contribution in [0.3, 0.4) is 0 Å². The van der Waals surface area contributed by atoms with Crippen molar-refractivity contribution in [2.75, 3.05) is 33.4 Å². The highest BCUT2D eigenvalue weighted by Gasteiger charge is 2.11. The summed E-state index contributed by atoms with van der Waals surface area (Å²) in [7, 11) is 1.70. The van der Waals surface area contributed by atoms with E-state index in [0.29, 0.717) is 0 Å². The molecule has 1 aromatic heterocycles. The van der Waals surface area contributed by atoms with E-state index in [9.17, 15) is 0 Å². The van der Waals surface area contributed by atoms with Crippen molar-refractivity contribution in [3.8, 4) is 17.2 Å². The number of ether oxygens (including phenoxy) is 2. The van der Waals surface area contributed by atoms with Gasteiger partial charge in [0, 0.05) is 23.8 Å². The first-order valence-electron chi connectivity index (χ1n) is 9.86. The van der Waals surface area contributed by atoms with Crippen molar-refractivity contribution in [2.45, 2.75) is 26.2 Å². The van der Waals surface area contributed by atoms with Gasteiger partial charge in [0.05, 0.1) is 19.2 Å². The summed E-state index contributed by atoms with van der Waals surface area (Å²) < 4.78 is 13.5. The number of methoxy groups -OCH3 is 1. The lowest BCUT2D eigenvalue weighted by Gasteiger charge is -2.15. The fraction of sp³-hybridized carbons (Fsp3) is 0.391. The Morgan fingerprint density at radius 1 is 0.963 bits per heavy atom. The summed E-state index contributed by atoms with van der Waals surface area (Å²) in [5.41, 5.74) is 3.57. The van der Waals surface area contributed by atoms with Crippen molar-refractivity contribution in [3.05, 3.63) is 54.2 Å². The highest BCUT2D eigenvalue weighted by atomic mass is 16.5. The predicted molar refractivity (Wildman–Crippen MR) is 110 cm³/mol. The molecule has 142 valence electrons. The van der Waals surface area contributed by atoms with Crippen LogP contribution in [0.25, 0.3) is 16.6 Å². The second-order valence-corrected chi connectivity index (χ2v) is 7.31. The van der Waals surface area contributed by atoms with Gasteiger partial charge < -0.3 is 18.9 Å². The lowest BCUT2D eigenvalue weighted by atomic mass is 10.2. The van der Waals surface area contributed by atoms with Crippen LogP contribution in [0.1, 0.15) is 24.8 Å². The molecule has 0 saturated carbocycles. The molecule has 0 aliphatic carbocycles. The molecule has 4 rings (SSSR count). The standard InChI is InChI=1S/C23H28N2O2/c1-18-16-21(27-15-5-13-24-11-3-4-12-24)7-8-22(18)25-14-10-19-17-20(26-2)6-9-23(19)25/h6-10,14,16-17H,3-5,11-13,15H2,1-2H3. The summed E-state index contributed by atoms with van der Waals surface area (Å²) in [6, 6.07) is 14.7. The van der Waals surface area contributed by atoms with Crippen LogP contribution in [0, 0.1) is 6.92 Å². The number of rotatable bonds is 7. The van der Waals surface area contributed by atoms with Crippen LogP contribution in [-0.2, 0) is 0 Å². The minimum Gasteiger partial charge on any atom is -0.497 e. The highest BCUT2D eigenvalue weighted by molar-refractivity contribution is 5.83. The first-order valence-corrected chi connectivity index (χ1v) is 9.86. The Kier molecular flexibility index (Phi) is 5.35. The number of aromatic nitrogens is 1. The molecule has 0 N–H and O–H groups in total. The number of hydrogen-bond donors (Lipinski definition) is 0. The monoisotopic (exact) mass is 364 g/mol. The molecular weight excluding hydrogens is 336 g/mol. The molecule has 0 bridgehead atoms. The maximum atomic E-state index is 5.98. The smallest absolute Gasteiger partial charge is 0.119 e. The molecule has 3 aromatic rings. The summed E-state index contributed by atoms with van der Waals surface area (Å²) in [6.45, 7) is 6.58. The Hall–Kier alpha value is -2.46. The van der Waals surface area contributed by atoms with Gasteiger partial charge in [0.1, 0.15) is 11.5 Å². The van der Waals surface area contributed by atoms with Gasteiger partial charge >= 0.3 is 0 Å². The Morgan fingerprint density at radius 2 is 1.78 bits per heavy atom. The lowest BCUT2D eigenvalue weighted by molar-refractivity contribution is 0.263. The Bertz CT molecular complexity index is 910. The van der Waals surface area contributed by atoms with Gasteiger partial charge in [0.25, 0.3) is 0 Å². The molecule has 1 aliphatic heterocycles. The van der Waals surface area contributed by atoms with Crippen molar-refractivity contribution in [1.29, 1.82) is 0 Å². The molecular formula is C23H28N2O2. The first-order chi connectivity index (χ1) is 13.2. The van der Waals surface area contributed by atoms with Crippen molar-refractivity contribution in [1.82, 2.24) is 9.47 Å². The SMILES string of the molecule is COc1ccc2c(ccn2-c2ccc(OCCCN3CCCC3)cc2C)c1. The molecule has 1 fully saturated rings. The average Bonchev–Trinajstić information content (AvgIpc) is 3.34. The van der Waals surface area contributed by atoms with E-state index in [-0.39, 0.29) is 0 Å². The quantitative estimate of drug-likeness (QED) is 0.563. The molecule has 0 atom stereocenters. The zero-order valence-corrected chi connectivity index (χ0v) is 16.3. The third kappa shape index (κ3) is 3.96. The average molecular weight is 364 g/mol. The van der Waals surface area contributed by atoms with Crippen LogP contribution in [0.15, 0.2) is 48.7 Å². The van der Waals surface area contributed by atoms with Crippen molar-refractivity contribution in [2.24, 2.45) is 0 Å². The van der Waals surface area contributed by atoms with Crippen molar-refractivity contribution in [3.63, 3.8) is 0 Å². The molecule has 1 aliphatic rings. The molecule has 0 amide bonds. The molecule has 0 spiro atoms. The summed E-state index contributed by atoms with van der Waals surface area (Å²) in [5.74, 6) is 1.84. The first kappa shape index (κ1) is 17.9. The molecule has 2 aromatic carbocycles. The van der Waals surface area contributed by atoms with E-state index >= 15 is 0 Å². The molecule has 1 saturated heterocycles. The molecule has 4 heteroatoms. The zero-order valence-electron chi connectivity index (χ0n) is 16.3. The third-order valence-corrected chi connectivity index (χ3v) is 5.41. The largest absolute Gasteiger partial charge is 0.497 e.